The molecule has 4 nitrogen and oxygen atoms in total. The smallest absolute Gasteiger partial charge is 0.142 e. The van der Waals surface area contributed by atoms with Gasteiger partial charge in [-0.15, -0.1) is 0 Å². The van der Waals surface area contributed by atoms with Crippen molar-refractivity contribution in [2.75, 3.05) is 44.7 Å². The Labute approximate surface area is 108 Å². The zero-order chi connectivity index (χ0) is 12.2. The van der Waals surface area contributed by atoms with Crippen LogP contribution in [0.5, 0.6) is 5.75 Å². The number of anilines is 1. The third-order valence-corrected chi connectivity index (χ3v) is 3.48. The van der Waals surface area contributed by atoms with E-state index in [1.807, 2.05) is 18.2 Å². The molecule has 0 amide bonds. The number of hydrogen-bond donors (Lipinski definition) is 1. The molecule has 98 valence electrons. The van der Waals surface area contributed by atoms with Crippen LogP contribution in [-0.4, -0.2) is 50.4 Å². The maximum absolute atomic E-state index is 6.03. The predicted molar refractivity (Wildman–Crippen MR) is 71.2 cm³/mol. The predicted octanol–water partition coefficient (Wildman–Crippen LogP) is 1.58. The van der Waals surface area contributed by atoms with E-state index in [0.717, 1.165) is 57.3 Å². The molecule has 0 radical (unpaired) electrons. The highest BCUT2D eigenvalue weighted by Crippen LogP contribution is 2.28. The summed E-state index contributed by atoms with van der Waals surface area (Å²) >= 11 is 0. The van der Waals surface area contributed by atoms with E-state index in [2.05, 4.69) is 16.3 Å². The molecule has 2 aliphatic rings. The largest absolute Gasteiger partial charge is 0.485 e. The van der Waals surface area contributed by atoms with Gasteiger partial charge in [0, 0.05) is 26.2 Å². The molecule has 1 aromatic rings. The number of hydrogen-bond acceptors (Lipinski definition) is 4. The zero-order valence-corrected chi connectivity index (χ0v) is 10.6. The van der Waals surface area contributed by atoms with Gasteiger partial charge in [-0.2, -0.15) is 0 Å². The Morgan fingerprint density at radius 2 is 2.17 bits per heavy atom. The van der Waals surface area contributed by atoms with E-state index in [1.54, 1.807) is 0 Å². The van der Waals surface area contributed by atoms with Gasteiger partial charge in [0.05, 0.1) is 18.8 Å². The fourth-order valence-electron chi connectivity index (χ4n) is 2.53. The van der Waals surface area contributed by atoms with Gasteiger partial charge in [0.1, 0.15) is 11.9 Å². The number of fused-ring (bicyclic) bond motifs is 1. The van der Waals surface area contributed by atoms with Gasteiger partial charge in [0.25, 0.3) is 0 Å². The monoisotopic (exact) mass is 248 g/mol. The molecule has 1 aromatic carbocycles. The lowest BCUT2D eigenvalue weighted by molar-refractivity contribution is 0.118. The average Bonchev–Trinajstić information content (AvgIpc) is 2.67. The second kappa shape index (κ2) is 5.59. The molecule has 1 atom stereocenters. The molecule has 0 aliphatic carbocycles. The molecule has 1 saturated heterocycles. The fourth-order valence-corrected chi connectivity index (χ4v) is 2.53. The van der Waals surface area contributed by atoms with Gasteiger partial charge in [-0.05, 0) is 18.6 Å². The van der Waals surface area contributed by atoms with E-state index in [0.29, 0.717) is 0 Å². The summed E-state index contributed by atoms with van der Waals surface area (Å²) in [5.41, 5.74) is 1.10. The highest BCUT2D eigenvalue weighted by molar-refractivity contribution is 5.57. The van der Waals surface area contributed by atoms with Crippen LogP contribution in [0.1, 0.15) is 6.42 Å². The normalized spacial score (nSPS) is 24.6. The molecule has 2 aliphatic heterocycles. The number of nitrogens with zero attached hydrogens (tertiary/aromatic N) is 1. The summed E-state index contributed by atoms with van der Waals surface area (Å²) in [6.45, 7) is 5.72. The molecule has 18 heavy (non-hydrogen) atoms. The van der Waals surface area contributed by atoms with Crippen molar-refractivity contribution in [3.05, 3.63) is 24.3 Å². The van der Waals surface area contributed by atoms with Crippen LogP contribution in [0.4, 0.5) is 5.69 Å². The van der Waals surface area contributed by atoms with Crippen LogP contribution in [0, 0.1) is 0 Å². The molecule has 3 rings (SSSR count). The molecular weight excluding hydrogens is 228 g/mol. The van der Waals surface area contributed by atoms with Gasteiger partial charge in [0.15, 0.2) is 0 Å². The minimum atomic E-state index is 0.234. The summed E-state index contributed by atoms with van der Waals surface area (Å²) in [5.74, 6) is 0.972. The summed E-state index contributed by atoms with van der Waals surface area (Å²) < 4.78 is 11.5. The van der Waals surface area contributed by atoms with Gasteiger partial charge < -0.3 is 14.8 Å². The van der Waals surface area contributed by atoms with Crippen molar-refractivity contribution >= 4 is 5.69 Å². The highest BCUT2D eigenvalue weighted by Gasteiger charge is 2.21. The van der Waals surface area contributed by atoms with Crippen LogP contribution in [0.15, 0.2) is 24.3 Å². The van der Waals surface area contributed by atoms with Crippen molar-refractivity contribution in [1.82, 2.24) is 4.90 Å². The van der Waals surface area contributed by atoms with Crippen molar-refractivity contribution in [2.45, 2.75) is 12.5 Å². The molecule has 0 saturated carbocycles. The topological polar surface area (TPSA) is 33.7 Å². The Hall–Kier alpha value is -1.26. The first-order valence-electron chi connectivity index (χ1n) is 6.71. The van der Waals surface area contributed by atoms with Crippen LogP contribution in [0.25, 0.3) is 0 Å². The first-order chi connectivity index (χ1) is 8.92. The van der Waals surface area contributed by atoms with Gasteiger partial charge in [0.2, 0.25) is 0 Å². The first kappa shape index (κ1) is 11.8. The SMILES string of the molecule is c1ccc2c(c1)NCC(CN1CCCOCC1)O2. The Kier molecular flexibility index (Phi) is 3.67. The van der Waals surface area contributed by atoms with Crippen molar-refractivity contribution in [1.29, 1.82) is 0 Å². The molecule has 1 N–H and O–H groups in total. The van der Waals surface area contributed by atoms with Crippen LogP contribution in [0.2, 0.25) is 0 Å². The first-order valence-corrected chi connectivity index (χ1v) is 6.71. The van der Waals surface area contributed by atoms with Crippen molar-refractivity contribution in [3.8, 4) is 5.75 Å². The van der Waals surface area contributed by atoms with E-state index < -0.39 is 0 Å². The lowest BCUT2D eigenvalue weighted by Gasteiger charge is -2.31. The Balaban J connectivity index is 1.58. The summed E-state index contributed by atoms with van der Waals surface area (Å²) in [6.07, 6.45) is 1.36. The van der Waals surface area contributed by atoms with Crippen LogP contribution in [0.3, 0.4) is 0 Å². The van der Waals surface area contributed by atoms with E-state index in [-0.39, 0.29) is 6.10 Å². The van der Waals surface area contributed by atoms with Crippen molar-refractivity contribution < 1.29 is 9.47 Å². The van der Waals surface area contributed by atoms with Crippen LogP contribution < -0.4 is 10.1 Å². The quantitative estimate of drug-likeness (QED) is 0.861. The standard InChI is InChI=1S/C14H20N2O2/c1-2-5-14-13(4-1)15-10-12(18-14)11-16-6-3-8-17-9-7-16/h1-2,4-5,12,15H,3,6-11H2. The van der Waals surface area contributed by atoms with Gasteiger partial charge in [-0.1, -0.05) is 12.1 Å². The molecule has 1 unspecified atom stereocenters. The molecular formula is C14H20N2O2. The maximum atomic E-state index is 6.03. The van der Waals surface area contributed by atoms with Crippen molar-refractivity contribution in [2.24, 2.45) is 0 Å². The second-order valence-electron chi connectivity index (χ2n) is 4.88. The number of ether oxygens (including phenoxy) is 2. The maximum Gasteiger partial charge on any atom is 0.142 e. The van der Waals surface area contributed by atoms with E-state index in [1.165, 1.54) is 0 Å². The summed E-state index contributed by atoms with van der Waals surface area (Å²) in [7, 11) is 0. The fraction of sp³-hybridized carbons (Fsp3) is 0.571. The van der Waals surface area contributed by atoms with E-state index >= 15 is 0 Å². The van der Waals surface area contributed by atoms with Crippen molar-refractivity contribution in [3.63, 3.8) is 0 Å². The lowest BCUT2D eigenvalue weighted by atomic mass is 10.2. The van der Waals surface area contributed by atoms with Crippen LogP contribution >= 0.6 is 0 Å². The van der Waals surface area contributed by atoms with Crippen LogP contribution in [-0.2, 0) is 4.74 Å². The number of nitrogens with one attached hydrogen (secondary N) is 1. The molecule has 0 aromatic heterocycles. The summed E-state index contributed by atoms with van der Waals surface area (Å²) in [4.78, 5) is 2.44. The number of rotatable bonds is 2. The minimum Gasteiger partial charge on any atom is -0.485 e. The van der Waals surface area contributed by atoms with E-state index in [9.17, 15) is 0 Å². The average molecular weight is 248 g/mol. The Morgan fingerprint density at radius 1 is 1.22 bits per heavy atom. The molecule has 0 bridgehead atoms. The van der Waals surface area contributed by atoms with Gasteiger partial charge in [-0.25, -0.2) is 0 Å². The zero-order valence-electron chi connectivity index (χ0n) is 10.6. The Morgan fingerprint density at radius 3 is 3.17 bits per heavy atom. The third-order valence-electron chi connectivity index (χ3n) is 3.48. The minimum absolute atomic E-state index is 0.234. The van der Waals surface area contributed by atoms with E-state index in [4.69, 9.17) is 9.47 Å². The van der Waals surface area contributed by atoms with Gasteiger partial charge in [-0.3, -0.25) is 4.90 Å². The number of benzene rings is 1. The third kappa shape index (κ3) is 2.76. The summed E-state index contributed by atoms with van der Waals surface area (Å²) in [6, 6.07) is 8.13. The van der Waals surface area contributed by atoms with Gasteiger partial charge >= 0.3 is 0 Å². The second-order valence-corrected chi connectivity index (χ2v) is 4.88. The molecule has 4 heteroatoms. The molecule has 0 spiro atoms. The Bertz CT molecular complexity index is 389. The molecule has 2 heterocycles. The number of para-hydroxylation sites is 2. The lowest BCUT2D eigenvalue weighted by Crippen LogP contribution is -2.42. The summed E-state index contributed by atoms with van der Waals surface area (Å²) in [5, 5.41) is 3.43. The highest BCUT2D eigenvalue weighted by atomic mass is 16.5. The molecule has 1 fully saturated rings.